The highest BCUT2D eigenvalue weighted by Crippen LogP contribution is 2.26. The van der Waals surface area contributed by atoms with E-state index in [1.807, 2.05) is 20.8 Å². The second-order valence-electron chi connectivity index (χ2n) is 20.2. The summed E-state index contributed by atoms with van der Waals surface area (Å²) in [6.45, 7) is 16.0. The van der Waals surface area contributed by atoms with Crippen molar-refractivity contribution >= 4 is 59.1 Å². The molecule has 14 atom stereocenters. The first-order chi connectivity index (χ1) is 33.1. The van der Waals surface area contributed by atoms with Crippen LogP contribution in [0.3, 0.4) is 0 Å². The summed E-state index contributed by atoms with van der Waals surface area (Å²) in [6, 6.07) is -12.7. The lowest BCUT2D eigenvalue weighted by Crippen LogP contribution is -2.64. The molecule has 0 aromatic carbocycles. The average molecular weight is 1010 g/mol. The molecule has 9 amide bonds. The molecular formula is C47H80N10O14. The summed E-state index contributed by atoms with van der Waals surface area (Å²) in [5.74, 6) is -9.07. The maximum atomic E-state index is 14.2. The number of aliphatic hydroxyl groups excluding tert-OH is 3. The molecule has 0 aromatic heterocycles. The number of nitrogens with one attached hydrogen (secondary N) is 6. The molecule has 0 unspecified atom stereocenters. The van der Waals surface area contributed by atoms with Gasteiger partial charge in [-0.05, 0) is 90.4 Å². The molecule has 24 nitrogen and oxygen atoms in total. The van der Waals surface area contributed by atoms with Gasteiger partial charge in [-0.25, -0.2) is 4.79 Å². The van der Waals surface area contributed by atoms with Crippen LogP contribution in [0.4, 0.5) is 0 Å². The van der Waals surface area contributed by atoms with E-state index in [1.165, 1.54) is 42.4 Å². The summed E-state index contributed by atoms with van der Waals surface area (Å²) in [4.78, 5) is 138. The smallest absolute Gasteiger partial charge is 0.326 e. The van der Waals surface area contributed by atoms with Crippen LogP contribution in [-0.2, 0) is 47.9 Å². The van der Waals surface area contributed by atoms with E-state index in [-0.39, 0.29) is 44.3 Å². The van der Waals surface area contributed by atoms with Crippen molar-refractivity contribution in [2.45, 2.75) is 199 Å². The van der Waals surface area contributed by atoms with E-state index in [2.05, 4.69) is 31.9 Å². The van der Waals surface area contributed by atoms with Gasteiger partial charge in [0.2, 0.25) is 53.2 Å². The van der Waals surface area contributed by atoms with Crippen molar-refractivity contribution in [3.63, 3.8) is 0 Å². The van der Waals surface area contributed by atoms with Crippen LogP contribution in [0, 0.1) is 17.8 Å². The minimum absolute atomic E-state index is 0.0571. The fourth-order valence-electron chi connectivity index (χ4n) is 9.06. The van der Waals surface area contributed by atoms with E-state index in [9.17, 15) is 68.4 Å². The maximum absolute atomic E-state index is 14.2. The minimum atomic E-state index is -1.72. The number of carbonyl (C=O) groups excluding carboxylic acids is 9. The van der Waals surface area contributed by atoms with Gasteiger partial charge < -0.3 is 72.8 Å². The monoisotopic (exact) mass is 1010 g/mol. The van der Waals surface area contributed by atoms with E-state index < -0.39 is 144 Å². The van der Waals surface area contributed by atoms with E-state index in [0.717, 1.165) is 0 Å². The first kappa shape index (κ1) is 59.8. The Kier molecular flexibility index (Phi) is 22.6. The second kappa shape index (κ2) is 26.8. The van der Waals surface area contributed by atoms with Crippen LogP contribution in [0.2, 0.25) is 0 Å². The molecule has 0 saturated carbocycles. The predicted octanol–water partition coefficient (Wildman–Crippen LogP) is -2.81. The Morgan fingerprint density at radius 2 is 0.972 bits per heavy atom. The van der Waals surface area contributed by atoms with Crippen molar-refractivity contribution in [2.24, 2.45) is 23.5 Å². The Bertz CT molecular complexity index is 1930. The number of hydrogen-bond donors (Lipinski definition) is 11. The molecule has 3 aliphatic heterocycles. The summed E-state index contributed by atoms with van der Waals surface area (Å²) >= 11 is 0. The number of aliphatic carboxylic acids is 1. The lowest BCUT2D eigenvalue weighted by molar-refractivity contribution is -0.152. The van der Waals surface area contributed by atoms with Gasteiger partial charge >= 0.3 is 5.97 Å². The fraction of sp³-hybridized carbons (Fsp3) is 0.787. The number of aliphatic hydroxyl groups is 3. The SMILES string of the molecule is CC[C@H](C)[C@H](N)C(=O)N[C@@H](CC(C)C)C(=O)N[C@H](C(=O)N[C@H](C(=O)N[C@H](C(=O)N1CCC[C@H]1C(=O)N[C@H](C(=O)N[C@@H](C)C(=O)N1CCC[C@H]1C(=O)N1CCC[C@H]1C(=O)O)[C@@H](C)O)C(C)C)[C@@H](C)O)[C@@H](C)O. The van der Waals surface area contributed by atoms with Crippen molar-refractivity contribution in [3.8, 4) is 0 Å². The standard InChI is InChI=1S/C47H80N10O14/c1-11-24(6)33(48)40(63)50-29(21-22(2)3)38(61)52-36(27(9)59)43(66)54-37(28(10)60)42(65)51-34(23(4)5)46(69)55-18-12-15-30(55)39(62)53-35(26(8)58)41(64)49-25(7)44(67)56-19-13-16-31(56)45(68)57-20-14-17-32(57)47(70)71/h22-37,58-60H,11-21,48H2,1-10H3,(H,49,64)(H,50,63)(H,51,65)(H,52,61)(H,53,62)(H,54,66)(H,70,71)/t24-,25-,26+,27+,28+,29-,30-,31-,32-,33-,34-,35-,36-,37-/m0/s1. The van der Waals surface area contributed by atoms with Crippen molar-refractivity contribution in [1.29, 1.82) is 0 Å². The molecule has 0 aliphatic carbocycles. The number of nitrogens with two attached hydrogens (primary N) is 1. The highest BCUT2D eigenvalue weighted by atomic mass is 16.4. The van der Waals surface area contributed by atoms with E-state index in [4.69, 9.17) is 5.73 Å². The van der Waals surface area contributed by atoms with E-state index in [1.54, 1.807) is 20.8 Å². The molecule has 0 spiro atoms. The molecule has 3 fully saturated rings. The Hall–Kier alpha value is -5.46. The Morgan fingerprint density at radius 1 is 0.535 bits per heavy atom. The van der Waals surface area contributed by atoms with Crippen molar-refractivity contribution in [2.75, 3.05) is 19.6 Å². The number of hydrogen-bond acceptors (Lipinski definition) is 14. The van der Waals surface area contributed by atoms with Crippen LogP contribution in [0.5, 0.6) is 0 Å². The van der Waals surface area contributed by atoms with Crippen LogP contribution >= 0.6 is 0 Å². The van der Waals surface area contributed by atoms with Gasteiger partial charge in [-0.3, -0.25) is 43.2 Å². The Morgan fingerprint density at radius 3 is 1.45 bits per heavy atom. The number of carboxylic acids is 1. The molecule has 3 heterocycles. The number of likely N-dealkylation sites (tertiary alicyclic amines) is 3. The van der Waals surface area contributed by atoms with Gasteiger partial charge in [-0.2, -0.15) is 0 Å². The summed E-state index contributed by atoms with van der Waals surface area (Å²) in [5, 5.41) is 56.6. The minimum Gasteiger partial charge on any atom is -0.480 e. The summed E-state index contributed by atoms with van der Waals surface area (Å²) in [7, 11) is 0. The van der Waals surface area contributed by atoms with Gasteiger partial charge in [0.15, 0.2) is 0 Å². The molecular weight excluding hydrogens is 929 g/mol. The summed E-state index contributed by atoms with van der Waals surface area (Å²) in [5.41, 5.74) is 6.09. The lowest BCUT2D eigenvalue weighted by atomic mass is 9.97. The highest BCUT2D eigenvalue weighted by Gasteiger charge is 2.45. The zero-order valence-corrected chi connectivity index (χ0v) is 42.8. The van der Waals surface area contributed by atoms with Gasteiger partial charge in [-0.15, -0.1) is 0 Å². The van der Waals surface area contributed by atoms with Crippen molar-refractivity contribution in [1.82, 2.24) is 46.6 Å². The van der Waals surface area contributed by atoms with Crippen molar-refractivity contribution in [3.05, 3.63) is 0 Å². The van der Waals surface area contributed by atoms with E-state index >= 15 is 0 Å². The van der Waals surface area contributed by atoms with Gasteiger partial charge in [-0.1, -0.05) is 48.0 Å². The van der Waals surface area contributed by atoms with Crippen LogP contribution in [0.15, 0.2) is 0 Å². The largest absolute Gasteiger partial charge is 0.480 e. The molecule has 3 aliphatic rings. The summed E-state index contributed by atoms with van der Waals surface area (Å²) < 4.78 is 0. The van der Waals surface area contributed by atoms with Gasteiger partial charge in [0.05, 0.1) is 24.4 Å². The third kappa shape index (κ3) is 15.8. The molecule has 0 radical (unpaired) electrons. The maximum Gasteiger partial charge on any atom is 0.326 e. The zero-order chi connectivity index (χ0) is 53.8. The zero-order valence-electron chi connectivity index (χ0n) is 42.8. The van der Waals surface area contributed by atoms with Gasteiger partial charge in [0.1, 0.15) is 54.4 Å². The quantitative estimate of drug-likeness (QED) is 0.0465. The molecule has 402 valence electrons. The lowest BCUT2D eigenvalue weighted by Gasteiger charge is -2.33. The number of carboxylic acid groups (broad SMARTS) is 1. The van der Waals surface area contributed by atoms with Crippen LogP contribution < -0.4 is 37.6 Å². The fourth-order valence-corrected chi connectivity index (χ4v) is 9.06. The molecule has 71 heavy (non-hydrogen) atoms. The molecule has 0 aromatic rings. The van der Waals surface area contributed by atoms with Crippen molar-refractivity contribution < 1.29 is 68.4 Å². The number of nitrogens with zero attached hydrogens (tertiary/aromatic N) is 3. The molecule has 12 N–H and O–H groups in total. The molecule has 0 bridgehead atoms. The third-order valence-corrected chi connectivity index (χ3v) is 13.5. The third-order valence-electron chi connectivity index (χ3n) is 13.5. The predicted molar refractivity (Wildman–Crippen MR) is 256 cm³/mol. The van der Waals surface area contributed by atoms with Gasteiger partial charge in [0, 0.05) is 19.6 Å². The Labute approximate surface area is 415 Å². The van der Waals surface area contributed by atoms with Crippen LogP contribution in [0.1, 0.15) is 121 Å². The second-order valence-corrected chi connectivity index (χ2v) is 20.2. The highest BCUT2D eigenvalue weighted by molar-refractivity contribution is 5.99. The molecule has 3 rings (SSSR count). The number of carbonyl (C=O) groups is 10. The first-order valence-corrected chi connectivity index (χ1v) is 24.9. The number of amides is 9. The van der Waals surface area contributed by atoms with Gasteiger partial charge in [0.25, 0.3) is 0 Å². The topological polar surface area (TPSA) is 360 Å². The molecule has 3 saturated heterocycles. The van der Waals surface area contributed by atoms with E-state index in [0.29, 0.717) is 38.5 Å². The molecule has 24 heteroatoms. The van der Waals surface area contributed by atoms with Crippen LogP contribution in [-0.4, -0.2) is 193 Å². The summed E-state index contributed by atoms with van der Waals surface area (Å²) in [6.07, 6.45) is -1.78. The first-order valence-electron chi connectivity index (χ1n) is 24.9. The average Bonchev–Trinajstić information content (AvgIpc) is 4.11. The number of rotatable bonds is 24. The Balaban J connectivity index is 1.71. The normalized spacial score (nSPS) is 22.7. The van der Waals surface area contributed by atoms with Crippen LogP contribution in [0.25, 0.3) is 0 Å².